The second-order valence-electron chi connectivity index (χ2n) is 4.27. The number of carboxylic acid groups (broad SMARTS) is 1. The largest absolute Gasteiger partial charge is 0.478 e. The minimum Gasteiger partial charge on any atom is -0.478 e. The van der Waals surface area contributed by atoms with Crippen LogP contribution in [0.1, 0.15) is 21.5 Å². The third kappa shape index (κ3) is 3.75. The topological polar surface area (TPSA) is 50.2 Å². The van der Waals surface area contributed by atoms with E-state index in [4.69, 9.17) is 5.11 Å². The Morgan fingerprint density at radius 3 is 2.43 bits per heavy atom. The highest BCUT2D eigenvalue weighted by Crippen LogP contribution is 2.32. The minimum atomic E-state index is -4.41. The molecule has 0 spiro atoms. The first-order chi connectivity index (χ1) is 9.77. The van der Waals surface area contributed by atoms with Gasteiger partial charge in [-0.1, -0.05) is 11.8 Å². The van der Waals surface area contributed by atoms with Gasteiger partial charge < -0.3 is 5.11 Å². The molecule has 0 aliphatic heterocycles. The molecule has 1 heterocycles. The van der Waals surface area contributed by atoms with E-state index in [2.05, 4.69) is 4.98 Å². The average molecular weight is 313 g/mol. The summed E-state index contributed by atoms with van der Waals surface area (Å²) in [4.78, 5) is 15.4. The Labute approximate surface area is 122 Å². The van der Waals surface area contributed by atoms with Crippen molar-refractivity contribution in [3.8, 4) is 0 Å². The Kier molecular flexibility index (Phi) is 4.22. The van der Waals surface area contributed by atoms with Crippen molar-refractivity contribution in [1.29, 1.82) is 0 Å². The molecule has 0 saturated carbocycles. The summed E-state index contributed by atoms with van der Waals surface area (Å²) in [6.45, 7) is 1.66. The van der Waals surface area contributed by atoms with Crippen LogP contribution in [0.15, 0.2) is 46.5 Å². The number of hydrogen-bond donors (Lipinski definition) is 1. The van der Waals surface area contributed by atoms with Crippen LogP contribution < -0.4 is 0 Å². The fraction of sp³-hybridized carbons (Fsp3) is 0.143. The van der Waals surface area contributed by atoms with Gasteiger partial charge in [0.25, 0.3) is 0 Å². The van der Waals surface area contributed by atoms with Crippen molar-refractivity contribution in [3.63, 3.8) is 0 Å². The molecule has 1 aromatic carbocycles. The molecular formula is C14H10F3NO2S. The van der Waals surface area contributed by atoms with Crippen LogP contribution in [-0.4, -0.2) is 16.1 Å². The van der Waals surface area contributed by atoms with Gasteiger partial charge in [-0.25, -0.2) is 9.78 Å². The molecule has 7 heteroatoms. The maximum Gasteiger partial charge on any atom is 0.417 e. The summed E-state index contributed by atoms with van der Waals surface area (Å²) >= 11 is 1.17. The van der Waals surface area contributed by atoms with Crippen molar-refractivity contribution < 1.29 is 23.1 Å². The van der Waals surface area contributed by atoms with E-state index in [1.54, 1.807) is 19.1 Å². The normalized spacial score (nSPS) is 11.4. The fourth-order valence-corrected chi connectivity index (χ4v) is 2.52. The van der Waals surface area contributed by atoms with Crippen molar-refractivity contribution in [2.24, 2.45) is 0 Å². The average Bonchev–Trinajstić information content (AvgIpc) is 2.38. The molecule has 0 bridgehead atoms. The molecule has 3 nitrogen and oxygen atoms in total. The highest BCUT2D eigenvalue weighted by molar-refractivity contribution is 7.99. The first kappa shape index (κ1) is 15.4. The second-order valence-corrected chi connectivity index (χ2v) is 5.36. The summed E-state index contributed by atoms with van der Waals surface area (Å²) in [6.07, 6.45) is -3.63. The third-order valence-electron chi connectivity index (χ3n) is 2.71. The summed E-state index contributed by atoms with van der Waals surface area (Å²) in [5.74, 6) is -1.02. The minimum absolute atomic E-state index is 0.194. The first-order valence-corrected chi connectivity index (χ1v) is 6.64. The zero-order chi connectivity index (χ0) is 15.6. The SMILES string of the molecule is Cc1cc(Sc2ccc(C(F)(F)F)cn2)ccc1C(=O)O. The molecule has 110 valence electrons. The van der Waals surface area contributed by atoms with E-state index in [0.717, 1.165) is 12.3 Å². The van der Waals surface area contributed by atoms with E-state index in [-0.39, 0.29) is 5.56 Å². The molecule has 0 unspecified atom stereocenters. The summed E-state index contributed by atoms with van der Waals surface area (Å²) in [6, 6.07) is 6.97. The Morgan fingerprint density at radius 2 is 1.95 bits per heavy atom. The van der Waals surface area contributed by atoms with Gasteiger partial charge in [-0.05, 0) is 42.8 Å². The van der Waals surface area contributed by atoms with Gasteiger partial charge >= 0.3 is 12.1 Å². The van der Waals surface area contributed by atoms with Gasteiger partial charge in [0.1, 0.15) is 5.03 Å². The summed E-state index contributed by atoms with van der Waals surface area (Å²) in [5.41, 5.74) is -0.0246. The highest BCUT2D eigenvalue weighted by Gasteiger charge is 2.30. The third-order valence-corrected chi connectivity index (χ3v) is 3.65. The Bertz CT molecular complexity index is 669. The van der Waals surface area contributed by atoms with Crippen LogP contribution >= 0.6 is 11.8 Å². The standard InChI is InChI=1S/C14H10F3NO2S/c1-8-6-10(3-4-11(8)13(19)20)21-12-5-2-9(7-18-12)14(15,16)17/h2-7H,1H3,(H,19,20). The molecule has 0 amide bonds. The zero-order valence-electron chi connectivity index (χ0n) is 10.8. The fourth-order valence-electron chi connectivity index (χ4n) is 1.67. The van der Waals surface area contributed by atoms with Crippen LogP contribution in [-0.2, 0) is 6.18 Å². The lowest BCUT2D eigenvalue weighted by atomic mass is 10.1. The van der Waals surface area contributed by atoms with E-state index in [1.807, 2.05) is 0 Å². The highest BCUT2D eigenvalue weighted by atomic mass is 32.2. The smallest absolute Gasteiger partial charge is 0.417 e. The van der Waals surface area contributed by atoms with Crippen LogP contribution in [0.3, 0.4) is 0 Å². The predicted molar refractivity (Wildman–Crippen MR) is 71.5 cm³/mol. The summed E-state index contributed by atoms with van der Waals surface area (Å²) in [5, 5.41) is 9.34. The lowest BCUT2D eigenvalue weighted by Gasteiger charge is -2.07. The van der Waals surface area contributed by atoms with Gasteiger partial charge in [-0.3, -0.25) is 0 Å². The number of carboxylic acids is 1. The van der Waals surface area contributed by atoms with E-state index in [1.165, 1.54) is 23.9 Å². The summed E-state index contributed by atoms with van der Waals surface area (Å²) in [7, 11) is 0. The van der Waals surface area contributed by atoms with E-state index in [0.29, 0.717) is 15.5 Å². The van der Waals surface area contributed by atoms with Crippen LogP contribution in [0.5, 0.6) is 0 Å². The molecule has 0 fully saturated rings. The van der Waals surface area contributed by atoms with Crippen LogP contribution in [0.2, 0.25) is 0 Å². The van der Waals surface area contributed by atoms with E-state index >= 15 is 0 Å². The van der Waals surface area contributed by atoms with Gasteiger partial charge in [0.2, 0.25) is 0 Å². The number of pyridine rings is 1. The number of halogens is 3. The number of hydrogen-bond acceptors (Lipinski definition) is 3. The van der Waals surface area contributed by atoms with Gasteiger partial charge in [0, 0.05) is 11.1 Å². The number of rotatable bonds is 3. The van der Waals surface area contributed by atoms with Crippen molar-refractivity contribution in [2.75, 3.05) is 0 Å². The van der Waals surface area contributed by atoms with Crippen molar-refractivity contribution in [2.45, 2.75) is 23.0 Å². The van der Waals surface area contributed by atoms with Crippen molar-refractivity contribution >= 4 is 17.7 Å². The lowest BCUT2D eigenvalue weighted by molar-refractivity contribution is -0.137. The monoisotopic (exact) mass is 313 g/mol. The number of aryl methyl sites for hydroxylation is 1. The Hall–Kier alpha value is -2.02. The maximum atomic E-state index is 12.4. The number of benzene rings is 1. The van der Waals surface area contributed by atoms with Crippen LogP contribution in [0.4, 0.5) is 13.2 Å². The van der Waals surface area contributed by atoms with Crippen LogP contribution in [0.25, 0.3) is 0 Å². The molecule has 2 rings (SSSR count). The van der Waals surface area contributed by atoms with Crippen LogP contribution in [0, 0.1) is 6.92 Å². The Morgan fingerprint density at radius 1 is 1.24 bits per heavy atom. The molecule has 0 aliphatic rings. The lowest BCUT2D eigenvalue weighted by Crippen LogP contribution is -2.05. The Balaban J connectivity index is 2.19. The molecular weight excluding hydrogens is 303 g/mol. The molecule has 1 N–H and O–H groups in total. The number of alkyl halides is 3. The van der Waals surface area contributed by atoms with Crippen molar-refractivity contribution in [3.05, 3.63) is 53.2 Å². The molecule has 0 aliphatic carbocycles. The maximum absolute atomic E-state index is 12.4. The number of carbonyl (C=O) groups is 1. The van der Waals surface area contributed by atoms with Gasteiger partial charge in [0.05, 0.1) is 11.1 Å². The van der Waals surface area contributed by atoms with Gasteiger partial charge in [-0.15, -0.1) is 0 Å². The van der Waals surface area contributed by atoms with E-state index < -0.39 is 17.7 Å². The van der Waals surface area contributed by atoms with Gasteiger partial charge in [0.15, 0.2) is 0 Å². The quantitative estimate of drug-likeness (QED) is 0.920. The summed E-state index contributed by atoms with van der Waals surface area (Å²) < 4.78 is 37.3. The second kappa shape index (κ2) is 5.77. The molecule has 21 heavy (non-hydrogen) atoms. The molecule has 2 aromatic rings. The predicted octanol–water partition coefficient (Wildman–Crippen LogP) is 4.26. The van der Waals surface area contributed by atoms with E-state index in [9.17, 15) is 18.0 Å². The zero-order valence-corrected chi connectivity index (χ0v) is 11.6. The number of nitrogens with zero attached hydrogens (tertiary/aromatic N) is 1. The number of aromatic nitrogens is 1. The molecule has 0 radical (unpaired) electrons. The molecule has 0 atom stereocenters. The van der Waals surface area contributed by atoms with Gasteiger partial charge in [-0.2, -0.15) is 13.2 Å². The number of aromatic carboxylic acids is 1. The molecule has 0 saturated heterocycles. The van der Waals surface area contributed by atoms with Crippen molar-refractivity contribution in [1.82, 2.24) is 4.98 Å². The molecule has 1 aromatic heterocycles. The first-order valence-electron chi connectivity index (χ1n) is 5.82.